The van der Waals surface area contributed by atoms with Crippen molar-refractivity contribution in [1.29, 1.82) is 0 Å². The number of likely N-dealkylation sites (tertiary alicyclic amines) is 1. The zero-order valence-electron chi connectivity index (χ0n) is 8.65. The number of β-amino-alcohol motifs (C(OH)–C–C–N with tert-alkyl or cyclic N) is 1. The van der Waals surface area contributed by atoms with Gasteiger partial charge in [0, 0.05) is 12.7 Å². The summed E-state index contributed by atoms with van der Waals surface area (Å²) in [6.07, 6.45) is 3.31. The van der Waals surface area contributed by atoms with Crippen molar-refractivity contribution in [2.24, 2.45) is 0 Å². The first-order valence-corrected chi connectivity index (χ1v) is 5.33. The maximum absolute atomic E-state index is 11.7. The molecule has 0 aromatic carbocycles. The van der Waals surface area contributed by atoms with Crippen molar-refractivity contribution in [2.45, 2.75) is 18.9 Å². The van der Waals surface area contributed by atoms with E-state index in [1.54, 1.807) is 12.3 Å². The molecule has 1 fully saturated rings. The number of nitrogens with zero attached hydrogens (tertiary/aromatic N) is 1. The smallest absolute Gasteiger partial charge is 0.192 e. The number of hydrogen-bond acceptors (Lipinski definition) is 3. The third-order valence-corrected chi connectivity index (χ3v) is 2.75. The van der Waals surface area contributed by atoms with Gasteiger partial charge in [0.1, 0.15) is 0 Å². The van der Waals surface area contributed by atoms with E-state index in [4.69, 9.17) is 0 Å². The number of aliphatic hydroxyl groups excluding tert-OH is 1. The van der Waals surface area contributed by atoms with Crippen molar-refractivity contribution in [2.75, 3.05) is 19.6 Å². The third-order valence-electron chi connectivity index (χ3n) is 2.75. The average Bonchev–Trinajstić information content (AvgIpc) is 2.70. The van der Waals surface area contributed by atoms with Crippen LogP contribution in [0, 0.1) is 0 Å². The summed E-state index contributed by atoms with van der Waals surface area (Å²) in [5.74, 6) is 0.0918. The lowest BCUT2D eigenvalue weighted by Crippen LogP contribution is -2.41. The Morgan fingerprint density at radius 1 is 1.67 bits per heavy atom. The molecule has 1 aromatic rings. The Balaban J connectivity index is 1.89. The second kappa shape index (κ2) is 4.59. The van der Waals surface area contributed by atoms with Crippen LogP contribution < -0.4 is 0 Å². The standard InChI is InChI=1S/C11H16N2O2/c14-9-3-2-6-13(7-9)8-11(15)10-4-1-5-12-10/h1,4-5,9,12,14H,2-3,6-8H2/t9-/m1/s1. The predicted molar refractivity (Wildman–Crippen MR) is 56.8 cm³/mol. The number of carbonyl (C=O) groups is 1. The van der Waals surface area contributed by atoms with Gasteiger partial charge < -0.3 is 10.1 Å². The molecule has 0 spiro atoms. The molecule has 1 atom stereocenters. The fourth-order valence-electron chi connectivity index (χ4n) is 1.97. The summed E-state index contributed by atoms with van der Waals surface area (Å²) in [4.78, 5) is 16.6. The summed E-state index contributed by atoms with van der Waals surface area (Å²) in [7, 11) is 0. The second-order valence-electron chi connectivity index (χ2n) is 4.04. The van der Waals surface area contributed by atoms with Crippen LogP contribution in [0.4, 0.5) is 0 Å². The van der Waals surface area contributed by atoms with E-state index in [0.29, 0.717) is 18.8 Å². The molecule has 1 aromatic heterocycles. The second-order valence-corrected chi connectivity index (χ2v) is 4.04. The lowest BCUT2D eigenvalue weighted by molar-refractivity contribution is 0.0632. The zero-order chi connectivity index (χ0) is 10.7. The number of carbonyl (C=O) groups excluding carboxylic acids is 1. The summed E-state index contributed by atoms with van der Waals surface area (Å²) < 4.78 is 0. The molecule has 2 rings (SSSR count). The Labute approximate surface area is 88.9 Å². The minimum atomic E-state index is -0.268. The van der Waals surface area contributed by atoms with Crippen LogP contribution >= 0.6 is 0 Å². The summed E-state index contributed by atoms with van der Waals surface area (Å²) in [5.41, 5.74) is 0.648. The Morgan fingerprint density at radius 2 is 2.53 bits per heavy atom. The van der Waals surface area contributed by atoms with Gasteiger partial charge in [0.2, 0.25) is 0 Å². The first-order valence-electron chi connectivity index (χ1n) is 5.33. The van der Waals surface area contributed by atoms with Gasteiger partial charge in [-0.2, -0.15) is 0 Å². The molecular formula is C11H16N2O2. The van der Waals surface area contributed by atoms with Crippen molar-refractivity contribution < 1.29 is 9.90 Å². The average molecular weight is 208 g/mol. The van der Waals surface area contributed by atoms with Crippen LogP contribution in [0.3, 0.4) is 0 Å². The lowest BCUT2D eigenvalue weighted by Gasteiger charge is -2.29. The molecule has 1 saturated heterocycles. The van der Waals surface area contributed by atoms with Crippen LogP contribution in [-0.4, -0.2) is 46.5 Å². The van der Waals surface area contributed by atoms with E-state index in [2.05, 4.69) is 4.98 Å². The minimum absolute atomic E-state index is 0.0918. The van der Waals surface area contributed by atoms with Crippen LogP contribution in [-0.2, 0) is 0 Å². The Kier molecular flexibility index (Phi) is 3.18. The van der Waals surface area contributed by atoms with Crippen molar-refractivity contribution in [1.82, 2.24) is 9.88 Å². The van der Waals surface area contributed by atoms with E-state index < -0.39 is 0 Å². The Hall–Kier alpha value is -1.13. The molecule has 2 heterocycles. The molecule has 15 heavy (non-hydrogen) atoms. The van der Waals surface area contributed by atoms with Gasteiger partial charge in [-0.25, -0.2) is 0 Å². The van der Waals surface area contributed by atoms with Crippen LogP contribution in [0.1, 0.15) is 23.3 Å². The number of H-pyrrole nitrogens is 1. The highest BCUT2D eigenvalue weighted by Gasteiger charge is 2.20. The van der Waals surface area contributed by atoms with E-state index in [9.17, 15) is 9.90 Å². The van der Waals surface area contributed by atoms with E-state index in [-0.39, 0.29) is 11.9 Å². The van der Waals surface area contributed by atoms with E-state index in [1.807, 2.05) is 11.0 Å². The van der Waals surface area contributed by atoms with Crippen molar-refractivity contribution >= 4 is 5.78 Å². The topological polar surface area (TPSA) is 56.3 Å². The van der Waals surface area contributed by atoms with Crippen LogP contribution in [0.5, 0.6) is 0 Å². The van der Waals surface area contributed by atoms with Gasteiger partial charge in [-0.15, -0.1) is 0 Å². The highest BCUT2D eigenvalue weighted by Crippen LogP contribution is 2.10. The van der Waals surface area contributed by atoms with Crippen LogP contribution in [0.2, 0.25) is 0 Å². The molecular weight excluding hydrogens is 192 g/mol. The lowest BCUT2D eigenvalue weighted by atomic mass is 10.1. The van der Waals surface area contributed by atoms with Crippen molar-refractivity contribution in [3.8, 4) is 0 Å². The molecule has 4 heteroatoms. The Bertz CT molecular complexity index is 321. The number of ketones is 1. The molecule has 4 nitrogen and oxygen atoms in total. The zero-order valence-corrected chi connectivity index (χ0v) is 8.65. The number of hydrogen-bond donors (Lipinski definition) is 2. The molecule has 1 aliphatic rings. The number of aromatic amines is 1. The van der Waals surface area contributed by atoms with Gasteiger partial charge in [0.25, 0.3) is 0 Å². The van der Waals surface area contributed by atoms with Crippen LogP contribution in [0.25, 0.3) is 0 Å². The maximum atomic E-state index is 11.7. The normalized spacial score (nSPS) is 22.9. The molecule has 0 amide bonds. The van der Waals surface area contributed by atoms with Gasteiger partial charge in [-0.1, -0.05) is 0 Å². The number of aliphatic hydroxyl groups is 1. The fraction of sp³-hybridized carbons (Fsp3) is 0.545. The monoisotopic (exact) mass is 208 g/mol. The molecule has 0 aliphatic carbocycles. The number of nitrogens with one attached hydrogen (secondary N) is 1. The predicted octanol–water partition coefficient (Wildman–Crippen LogP) is 0.654. The van der Waals surface area contributed by atoms with Gasteiger partial charge in [-0.3, -0.25) is 9.69 Å². The summed E-state index contributed by atoms with van der Waals surface area (Å²) in [6, 6.07) is 3.60. The van der Waals surface area contributed by atoms with Crippen molar-refractivity contribution in [3.63, 3.8) is 0 Å². The van der Waals surface area contributed by atoms with Gasteiger partial charge in [-0.05, 0) is 31.5 Å². The maximum Gasteiger partial charge on any atom is 0.192 e. The Morgan fingerprint density at radius 3 is 3.20 bits per heavy atom. The van der Waals surface area contributed by atoms with Gasteiger partial charge >= 0.3 is 0 Å². The number of rotatable bonds is 3. The minimum Gasteiger partial charge on any atom is -0.392 e. The fourth-order valence-corrected chi connectivity index (χ4v) is 1.97. The third kappa shape index (κ3) is 2.67. The van der Waals surface area contributed by atoms with Crippen LogP contribution in [0.15, 0.2) is 18.3 Å². The molecule has 1 aliphatic heterocycles. The summed E-state index contributed by atoms with van der Waals surface area (Å²) in [6.45, 7) is 1.92. The quantitative estimate of drug-likeness (QED) is 0.717. The molecule has 0 saturated carbocycles. The highest BCUT2D eigenvalue weighted by molar-refractivity contribution is 5.95. The van der Waals surface area contributed by atoms with Gasteiger partial charge in [0.05, 0.1) is 18.3 Å². The summed E-state index contributed by atoms with van der Waals surface area (Å²) >= 11 is 0. The highest BCUT2D eigenvalue weighted by atomic mass is 16.3. The first kappa shape index (κ1) is 10.4. The van der Waals surface area contributed by atoms with Gasteiger partial charge in [0.15, 0.2) is 5.78 Å². The van der Waals surface area contributed by atoms with E-state index in [1.165, 1.54) is 0 Å². The first-order chi connectivity index (χ1) is 7.25. The van der Waals surface area contributed by atoms with E-state index >= 15 is 0 Å². The van der Waals surface area contributed by atoms with Crippen molar-refractivity contribution in [3.05, 3.63) is 24.0 Å². The molecule has 0 radical (unpaired) electrons. The SMILES string of the molecule is O=C(CN1CCC[C@@H](O)C1)c1ccc[nH]1. The number of Topliss-reactive ketones (excluding diaryl/α,β-unsaturated/α-hetero) is 1. The molecule has 2 N–H and O–H groups in total. The summed E-state index contributed by atoms with van der Waals surface area (Å²) in [5, 5.41) is 9.46. The molecule has 0 unspecified atom stereocenters. The van der Waals surface area contributed by atoms with E-state index in [0.717, 1.165) is 19.4 Å². The largest absolute Gasteiger partial charge is 0.392 e. The molecule has 0 bridgehead atoms. The molecule has 82 valence electrons. The number of aromatic nitrogens is 1. The number of piperidine rings is 1.